The zero-order valence-corrected chi connectivity index (χ0v) is 20.8. The topological polar surface area (TPSA) is 91.4 Å². The molecule has 1 aliphatic rings. The molecule has 7 nitrogen and oxygen atoms in total. The molecule has 1 saturated carbocycles. The van der Waals surface area contributed by atoms with Crippen molar-refractivity contribution in [3.8, 4) is 0 Å². The van der Waals surface area contributed by atoms with Crippen molar-refractivity contribution in [2.75, 3.05) is 11.4 Å². The monoisotopic (exact) mass is 490 g/mol. The lowest BCUT2D eigenvalue weighted by atomic mass is 10.0. The highest BCUT2D eigenvalue weighted by Gasteiger charge is 2.35. The maximum Gasteiger partial charge on any atom is 0.261 e. The first kappa shape index (κ1) is 24.6. The molecule has 2 N–H and O–H groups in total. The summed E-state index contributed by atoms with van der Waals surface area (Å²) in [5.74, 6) is -0.918. The average molecular weight is 491 g/mol. The minimum Gasteiger partial charge on any atom is -0.351 e. The summed E-state index contributed by atoms with van der Waals surface area (Å²) in [5, 5.41) is 7.70. The lowest BCUT2D eigenvalue weighted by Gasteiger charge is -2.33. The van der Waals surface area contributed by atoms with Crippen molar-refractivity contribution in [3.05, 3.63) is 81.8 Å². The van der Waals surface area contributed by atoms with Crippen LogP contribution in [0.2, 0.25) is 0 Å². The Hall–Kier alpha value is -3.52. The molecular formula is C27H30N4O3S. The molecular weight excluding hydrogens is 460 g/mol. The van der Waals surface area contributed by atoms with E-state index in [0.29, 0.717) is 16.1 Å². The standard InChI is InChI=1S/C27H30N4O3S/c1-18-9-10-19(2)22(16-18)31(24(32)17-29-26(33)23-8-5-15-35-23)25(20-11-13-28-14-12-20)27(34)30-21-6-3-4-7-21/h5,8-16,21,25H,3-4,6-7,17H2,1-2H3,(H,29,33)(H,30,34)/t25-/m1/s1. The molecule has 2 heterocycles. The zero-order valence-electron chi connectivity index (χ0n) is 20.0. The molecule has 182 valence electrons. The quantitative estimate of drug-likeness (QED) is 0.492. The number of aromatic nitrogens is 1. The Kier molecular flexibility index (Phi) is 7.92. The van der Waals surface area contributed by atoms with Crippen molar-refractivity contribution in [1.82, 2.24) is 15.6 Å². The van der Waals surface area contributed by atoms with E-state index in [2.05, 4.69) is 15.6 Å². The number of aryl methyl sites for hydroxylation is 2. The summed E-state index contributed by atoms with van der Waals surface area (Å²) in [5.41, 5.74) is 3.13. The van der Waals surface area contributed by atoms with E-state index >= 15 is 0 Å². The fourth-order valence-corrected chi connectivity index (χ4v) is 5.09. The number of hydrogen-bond donors (Lipinski definition) is 2. The molecule has 3 amide bonds. The maximum atomic E-state index is 13.8. The Labute approximate surface area is 209 Å². The maximum absolute atomic E-state index is 13.8. The largest absolute Gasteiger partial charge is 0.351 e. The van der Waals surface area contributed by atoms with Crippen LogP contribution in [-0.2, 0) is 9.59 Å². The van der Waals surface area contributed by atoms with Crippen molar-refractivity contribution in [2.45, 2.75) is 51.6 Å². The highest BCUT2D eigenvalue weighted by atomic mass is 32.1. The SMILES string of the molecule is Cc1ccc(C)c(N(C(=O)CNC(=O)c2cccs2)[C@@H](C(=O)NC2CCCC2)c2ccncc2)c1. The van der Waals surface area contributed by atoms with Gasteiger partial charge in [0.1, 0.15) is 6.04 Å². The van der Waals surface area contributed by atoms with Gasteiger partial charge in [0.25, 0.3) is 5.91 Å². The molecule has 1 aromatic carbocycles. The van der Waals surface area contributed by atoms with E-state index in [0.717, 1.165) is 36.8 Å². The molecule has 1 atom stereocenters. The summed E-state index contributed by atoms with van der Waals surface area (Å²) in [6.45, 7) is 3.63. The summed E-state index contributed by atoms with van der Waals surface area (Å²) in [6.07, 6.45) is 7.27. The van der Waals surface area contributed by atoms with E-state index in [1.807, 2.05) is 37.4 Å². The van der Waals surface area contributed by atoms with E-state index < -0.39 is 6.04 Å². The summed E-state index contributed by atoms with van der Waals surface area (Å²) >= 11 is 1.31. The Morgan fingerprint density at radius 1 is 1.09 bits per heavy atom. The number of pyridine rings is 1. The van der Waals surface area contributed by atoms with Crippen molar-refractivity contribution in [3.63, 3.8) is 0 Å². The third-order valence-electron chi connectivity index (χ3n) is 6.27. The van der Waals surface area contributed by atoms with Crippen LogP contribution < -0.4 is 15.5 Å². The number of hydrogen-bond acceptors (Lipinski definition) is 5. The van der Waals surface area contributed by atoms with Crippen molar-refractivity contribution in [1.29, 1.82) is 0 Å². The molecule has 3 aromatic rings. The van der Waals surface area contributed by atoms with Gasteiger partial charge in [-0.05, 0) is 73.0 Å². The number of carbonyl (C=O) groups excluding carboxylic acids is 3. The van der Waals surface area contributed by atoms with Gasteiger partial charge in [-0.1, -0.05) is 31.0 Å². The first-order valence-electron chi connectivity index (χ1n) is 11.9. The Morgan fingerprint density at radius 3 is 2.51 bits per heavy atom. The van der Waals surface area contributed by atoms with Gasteiger partial charge in [0, 0.05) is 24.1 Å². The van der Waals surface area contributed by atoms with Crippen LogP contribution in [0.1, 0.15) is 58.1 Å². The highest BCUT2D eigenvalue weighted by Crippen LogP contribution is 2.32. The van der Waals surface area contributed by atoms with Crippen molar-refractivity contribution < 1.29 is 14.4 Å². The van der Waals surface area contributed by atoms with Crippen LogP contribution in [0.15, 0.2) is 60.2 Å². The first-order chi connectivity index (χ1) is 16.9. The molecule has 0 bridgehead atoms. The first-order valence-corrected chi connectivity index (χ1v) is 12.7. The normalized spacial score (nSPS) is 14.3. The number of rotatable bonds is 8. The molecule has 4 rings (SSSR count). The minimum atomic E-state index is -0.898. The molecule has 0 aliphatic heterocycles. The van der Waals surface area contributed by atoms with Crippen LogP contribution in [0.25, 0.3) is 0 Å². The molecule has 35 heavy (non-hydrogen) atoms. The number of amides is 3. The summed E-state index contributed by atoms with van der Waals surface area (Å²) in [6, 6.07) is 12.0. The second-order valence-corrected chi connectivity index (χ2v) is 9.83. The van der Waals surface area contributed by atoms with Crippen LogP contribution in [0.5, 0.6) is 0 Å². The van der Waals surface area contributed by atoms with Gasteiger partial charge >= 0.3 is 0 Å². The van der Waals surface area contributed by atoms with Crippen LogP contribution in [0, 0.1) is 13.8 Å². The smallest absolute Gasteiger partial charge is 0.261 e. The van der Waals surface area contributed by atoms with Gasteiger partial charge in [0.2, 0.25) is 11.8 Å². The molecule has 2 aromatic heterocycles. The number of benzene rings is 1. The lowest BCUT2D eigenvalue weighted by molar-refractivity contribution is -0.126. The van der Waals surface area contributed by atoms with Crippen LogP contribution in [0.4, 0.5) is 5.69 Å². The minimum absolute atomic E-state index is 0.0981. The summed E-state index contributed by atoms with van der Waals surface area (Å²) in [7, 11) is 0. The van der Waals surface area contributed by atoms with Crippen molar-refractivity contribution in [2.24, 2.45) is 0 Å². The number of thiophene rings is 1. The van der Waals surface area contributed by atoms with Crippen molar-refractivity contribution >= 4 is 34.7 Å². The van der Waals surface area contributed by atoms with Gasteiger partial charge < -0.3 is 10.6 Å². The van der Waals surface area contributed by atoms with E-state index in [4.69, 9.17) is 0 Å². The van der Waals surface area contributed by atoms with E-state index in [1.165, 1.54) is 16.2 Å². The molecule has 0 unspecified atom stereocenters. The molecule has 8 heteroatoms. The third kappa shape index (κ3) is 5.95. The lowest BCUT2D eigenvalue weighted by Crippen LogP contribution is -2.49. The predicted octanol–water partition coefficient (Wildman–Crippen LogP) is 4.32. The molecule has 0 saturated heterocycles. The Balaban J connectivity index is 1.70. The van der Waals surface area contributed by atoms with Crippen LogP contribution >= 0.6 is 11.3 Å². The predicted molar refractivity (Wildman–Crippen MR) is 137 cm³/mol. The van der Waals surface area contributed by atoms with E-state index in [9.17, 15) is 14.4 Å². The average Bonchev–Trinajstić information content (AvgIpc) is 3.57. The van der Waals surface area contributed by atoms with E-state index in [-0.39, 0.29) is 30.3 Å². The number of nitrogens with zero attached hydrogens (tertiary/aromatic N) is 2. The fraction of sp³-hybridized carbons (Fsp3) is 0.333. The van der Waals surface area contributed by atoms with Gasteiger partial charge in [0.05, 0.1) is 11.4 Å². The summed E-state index contributed by atoms with van der Waals surface area (Å²) in [4.78, 5) is 46.2. The van der Waals surface area contributed by atoms with Gasteiger partial charge in [-0.15, -0.1) is 11.3 Å². The fourth-order valence-electron chi connectivity index (χ4n) is 4.45. The molecule has 1 fully saturated rings. The van der Waals surface area contributed by atoms with E-state index in [1.54, 1.807) is 36.7 Å². The number of anilines is 1. The highest BCUT2D eigenvalue weighted by molar-refractivity contribution is 7.12. The second-order valence-electron chi connectivity index (χ2n) is 8.89. The second kappa shape index (κ2) is 11.3. The van der Waals surface area contributed by atoms with Crippen LogP contribution in [0.3, 0.4) is 0 Å². The third-order valence-corrected chi connectivity index (χ3v) is 7.14. The van der Waals surface area contributed by atoms with Gasteiger partial charge in [-0.25, -0.2) is 0 Å². The van der Waals surface area contributed by atoms with Gasteiger partial charge in [-0.2, -0.15) is 0 Å². The van der Waals surface area contributed by atoms with Crippen LogP contribution in [-0.4, -0.2) is 35.3 Å². The molecule has 0 radical (unpaired) electrons. The molecule has 1 aliphatic carbocycles. The number of nitrogens with one attached hydrogen (secondary N) is 2. The Morgan fingerprint density at radius 2 is 1.83 bits per heavy atom. The molecule has 0 spiro atoms. The van der Waals surface area contributed by atoms with Gasteiger partial charge in [-0.3, -0.25) is 24.3 Å². The van der Waals surface area contributed by atoms with Gasteiger partial charge in [0.15, 0.2) is 0 Å². The summed E-state index contributed by atoms with van der Waals surface area (Å²) < 4.78 is 0. The Bertz CT molecular complexity index is 1170. The number of carbonyl (C=O) groups is 3. The zero-order chi connectivity index (χ0) is 24.8.